The van der Waals surface area contributed by atoms with Gasteiger partial charge in [-0.25, -0.2) is 0 Å². The van der Waals surface area contributed by atoms with Crippen LogP contribution in [0, 0.1) is 11.3 Å². The van der Waals surface area contributed by atoms with Crippen molar-refractivity contribution >= 4 is 28.6 Å². The van der Waals surface area contributed by atoms with Crippen LogP contribution in [0.3, 0.4) is 0 Å². The first-order chi connectivity index (χ1) is 22.0. The molecule has 0 aliphatic carbocycles. The van der Waals surface area contributed by atoms with Gasteiger partial charge in [0.2, 0.25) is 5.91 Å². The molecule has 7 rings (SSSR count). The van der Waals surface area contributed by atoms with Crippen LogP contribution in [-0.2, 0) is 9.53 Å². The number of likely N-dealkylation sites (tertiary alicyclic amines) is 1. The molecular weight excluding hydrogens is 572 g/mol. The van der Waals surface area contributed by atoms with Crippen LogP contribution in [0.15, 0.2) is 59.1 Å². The van der Waals surface area contributed by atoms with Gasteiger partial charge in [0.25, 0.3) is 5.91 Å². The number of carbonyl (C=O) groups is 2. The Hall–Kier alpha value is -4.92. The van der Waals surface area contributed by atoms with Crippen molar-refractivity contribution in [2.45, 2.75) is 37.3 Å². The summed E-state index contributed by atoms with van der Waals surface area (Å²) >= 11 is 0. The highest BCUT2D eigenvalue weighted by Gasteiger charge is 2.45. The zero-order valence-electron chi connectivity index (χ0n) is 25.0. The number of carbonyl (C=O) groups excluding carboxylic acids is 2. The number of nitriles is 1. The zero-order valence-corrected chi connectivity index (χ0v) is 25.0. The molecule has 5 heterocycles. The minimum absolute atomic E-state index is 0.00852. The minimum atomic E-state index is -0.577. The smallest absolute Gasteiger partial charge is 0.253 e. The third kappa shape index (κ3) is 5.36. The number of ether oxygens (including phenoxy) is 2. The van der Waals surface area contributed by atoms with E-state index >= 15 is 0 Å². The number of pyridine rings is 1. The maximum absolute atomic E-state index is 13.4. The van der Waals surface area contributed by atoms with E-state index in [2.05, 4.69) is 27.0 Å². The van der Waals surface area contributed by atoms with Gasteiger partial charge in [0.1, 0.15) is 28.6 Å². The number of furan rings is 1. The quantitative estimate of drug-likeness (QED) is 0.293. The number of nitrogens with one attached hydrogen (secondary N) is 3. The lowest BCUT2D eigenvalue weighted by Gasteiger charge is -2.37. The summed E-state index contributed by atoms with van der Waals surface area (Å²) in [7, 11) is 1.56. The fourth-order valence-corrected chi connectivity index (χ4v) is 6.54. The highest BCUT2D eigenvalue weighted by molar-refractivity contribution is 5.97. The van der Waals surface area contributed by atoms with Gasteiger partial charge in [0.15, 0.2) is 5.58 Å². The van der Waals surface area contributed by atoms with E-state index in [0.717, 1.165) is 42.9 Å². The molecule has 3 saturated heterocycles. The Bertz CT molecular complexity index is 1810. The first-order valence-electron chi connectivity index (χ1n) is 15.3. The Balaban J connectivity index is 1.14. The van der Waals surface area contributed by atoms with Gasteiger partial charge in [0.05, 0.1) is 30.6 Å². The normalized spacial score (nSPS) is 18.1. The second-order valence-corrected chi connectivity index (χ2v) is 11.7. The van der Waals surface area contributed by atoms with Crippen molar-refractivity contribution in [1.82, 2.24) is 20.5 Å². The fourth-order valence-electron chi connectivity index (χ4n) is 6.54. The van der Waals surface area contributed by atoms with E-state index in [1.54, 1.807) is 30.3 Å². The molecule has 3 fully saturated rings. The minimum Gasteiger partial charge on any atom is -0.496 e. The van der Waals surface area contributed by atoms with Crippen molar-refractivity contribution in [2.24, 2.45) is 0 Å². The predicted molar refractivity (Wildman–Crippen MR) is 168 cm³/mol. The molecule has 3 N–H and O–H groups in total. The van der Waals surface area contributed by atoms with Gasteiger partial charge >= 0.3 is 0 Å². The molecule has 3 aliphatic heterocycles. The van der Waals surface area contributed by atoms with Crippen molar-refractivity contribution in [3.63, 3.8) is 0 Å². The predicted octanol–water partition coefficient (Wildman–Crippen LogP) is 4.28. The van der Waals surface area contributed by atoms with Crippen LogP contribution in [0.2, 0.25) is 0 Å². The Kier molecular flexibility index (Phi) is 7.61. The lowest BCUT2D eigenvalue weighted by atomic mass is 9.87. The lowest BCUT2D eigenvalue weighted by Crippen LogP contribution is -2.55. The lowest BCUT2D eigenvalue weighted by molar-refractivity contribution is -0.125. The van der Waals surface area contributed by atoms with Gasteiger partial charge in [-0.3, -0.25) is 19.9 Å². The first kappa shape index (κ1) is 28.8. The topological polar surface area (TPSA) is 142 Å². The number of amides is 2. The Morgan fingerprint density at radius 3 is 2.67 bits per heavy atom. The molecule has 2 aromatic heterocycles. The number of hydrogen-bond donors (Lipinski definition) is 3. The van der Waals surface area contributed by atoms with E-state index in [1.165, 1.54) is 0 Å². The Labute approximate surface area is 260 Å². The van der Waals surface area contributed by atoms with Crippen molar-refractivity contribution in [2.75, 3.05) is 45.4 Å². The molecular formula is C34H34N6O5. The maximum atomic E-state index is 13.4. The van der Waals surface area contributed by atoms with Crippen molar-refractivity contribution < 1.29 is 23.5 Å². The number of anilines is 1. The molecule has 3 aliphatic rings. The molecule has 230 valence electrons. The number of hydrogen-bond acceptors (Lipinski definition) is 9. The standard InChI is InChI=1S/C34H34N6O5/c1-43-29-17-22(32(41)40-12-9-34(10-13-40)33(42)37-20-38-34)2-4-26(29)30-18-28-31(45-30)25(6-11-36-28)21-3-5-27(23(16-21)19-35)39-24-7-14-44-15-8-24/h2-6,11,16-18,24,38-39H,7-10,12-15,20H2,1H3,(H,37,42). The Morgan fingerprint density at radius 1 is 1.11 bits per heavy atom. The van der Waals surface area contributed by atoms with Crippen LogP contribution in [0.4, 0.5) is 5.69 Å². The number of methoxy groups -OCH3 is 1. The molecule has 45 heavy (non-hydrogen) atoms. The third-order valence-corrected chi connectivity index (χ3v) is 9.17. The second kappa shape index (κ2) is 11.9. The van der Waals surface area contributed by atoms with Crippen LogP contribution in [-0.4, -0.2) is 73.4 Å². The summed E-state index contributed by atoms with van der Waals surface area (Å²) in [6, 6.07) is 17.5. The van der Waals surface area contributed by atoms with E-state index in [1.807, 2.05) is 36.4 Å². The highest BCUT2D eigenvalue weighted by atomic mass is 16.5. The van der Waals surface area contributed by atoms with E-state index in [4.69, 9.17) is 13.9 Å². The summed E-state index contributed by atoms with van der Waals surface area (Å²) in [6.07, 6.45) is 4.67. The molecule has 1 spiro atoms. The van der Waals surface area contributed by atoms with Crippen molar-refractivity contribution in [3.05, 3.63) is 65.9 Å². The number of piperidine rings is 1. The summed E-state index contributed by atoms with van der Waals surface area (Å²) in [6.45, 7) is 2.87. The molecule has 4 aromatic rings. The van der Waals surface area contributed by atoms with Gasteiger partial charge in [-0.15, -0.1) is 0 Å². The van der Waals surface area contributed by atoms with E-state index < -0.39 is 5.54 Å². The SMILES string of the molecule is COc1cc(C(=O)N2CCC3(CC2)NCNC3=O)ccc1-c1cc2nccc(-c3ccc(NC4CCOCC4)c(C#N)c3)c2o1. The average molecular weight is 607 g/mol. The number of benzene rings is 2. The first-order valence-corrected chi connectivity index (χ1v) is 15.3. The molecule has 2 aromatic carbocycles. The van der Waals surface area contributed by atoms with Crippen LogP contribution in [0.5, 0.6) is 5.75 Å². The van der Waals surface area contributed by atoms with Crippen LogP contribution in [0.1, 0.15) is 41.6 Å². The average Bonchev–Trinajstić information content (AvgIpc) is 3.68. The number of nitrogens with zero attached hydrogens (tertiary/aromatic N) is 3. The van der Waals surface area contributed by atoms with Crippen LogP contribution in [0.25, 0.3) is 33.6 Å². The molecule has 11 nitrogen and oxygen atoms in total. The molecule has 0 radical (unpaired) electrons. The largest absolute Gasteiger partial charge is 0.496 e. The molecule has 0 atom stereocenters. The number of fused-ring (bicyclic) bond motifs is 1. The Morgan fingerprint density at radius 2 is 1.93 bits per heavy atom. The summed E-state index contributed by atoms with van der Waals surface area (Å²) < 4.78 is 17.6. The zero-order chi connectivity index (χ0) is 31.0. The van der Waals surface area contributed by atoms with E-state index in [-0.39, 0.29) is 17.9 Å². The molecule has 0 bridgehead atoms. The molecule has 0 saturated carbocycles. The third-order valence-electron chi connectivity index (χ3n) is 9.17. The van der Waals surface area contributed by atoms with Crippen LogP contribution >= 0.6 is 0 Å². The van der Waals surface area contributed by atoms with Gasteiger partial charge in [-0.2, -0.15) is 5.26 Å². The number of rotatable bonds is 6. The maximum Gasteiger partial charge on any atom is 0.253 e. The monoisotopic (exact) mass is 606 g/mol. The second-order valence-electron chi connectivity index (χ2n) is 11.7. The summed E-state index contributed by atoms with van der Waals surface area (Å²) in [5, 5.41) is 19.5. The molecule has 11 heteroatoms. The van der Waals surface area contributed by atoms with Crippen molar-refractivity contribution in [1.29, 1.82) is 5.26 Å². The molecule has 2 amide bonds. The fraction of sp³-hybridized carbons (Fsp3) is 0.353. The number of aromatic nitrogens is 1. The van der Waals surface area contributed by atoms with Gasteiger partial charge in [0, 0.05) is 55.7 Å². The van der Waals surface area contributed by atoms with Crippen LogP contribution < -0.4 is 20.7 Å². The highest BCUT2D eigenvalue weighted by Crippen LogP contribution is 2.38. The van der Waals surface area contributed by atoms with E-state index in [0.29, 0.717) is 71.9 Å². The van der Waals surface area contributed by atoms with Gasteiger partial charge in [-0.1, -0.05) is 6.07 Å². The summed E-state index contributed by atoms with van der Waals surface area (Å²) in [4.78, 5) is 32.0. The van der Waals surface area contributed by atoms with E-state index in [9.17, 15) is 14.9 Å². The summed E-state index contributed by atoms with van der Waals surface area (Å²) in [5.74, 6) is 0.957. The van der Waals surface area contributed by atoms with Gasteiger partial charge < -0.3 is 29.4 Å². The van der Waals surface area contributed by atoms with Crippen molar-refractivity contribution in [3.8, 4) is 34.3 Å². The molecule has 0 unspecified atom stereocenters. The summed E-state index contributed by atoms with van der Waals surface area (Å²) in [5.41, 5.74) is 4.91. The van der Waals surface area contributed by atoms with Gasteiger partial charge in [-0.05, 0) is 67.6 Å².